The number of nitrogens with zero attached hydrogens (tertiary/aromatic N) is 2. The van der Waals surface area contributed by atoms with E-state index in [1.165, 1.54) is 11.1 Å². The Bertz CT molecular complexity index is 781. The van der Waals surface area contributed by atoms with Gasteiger partial charge in [0.05, 0.1) is 0 Å². The third kappa shape index (κ3) is 2.40. The summed E-state index contributed by atoms with van der Waals surface area (Å²) in [4.78, 5) is 4.48. The lowest BCUT2D eigenvalue weighted by Crippen LogP contribution is -2.33. The van der Waals surface area contributed by atoms with Crippen LogP contribution in [0.4, 0.5) is 11.4 Å². The zero-order valence-electron chi connectivity index (χ0n) is 13.4. The van der Waals surface area contributed by atoms with Gasteiger partial charge in [0.25, 0.3) is 0 Å². The summed E-state index contributed by atoms with van der Waals surface area (Å²) < 4.78 is 0. The average molecular weight is 306 g/mol. The maximum atomic E-state index is 6.50. The van der Waals surface area contributed by atoms with Crippen molar-refractivity contribution in [1.82, 2.24) is 4.90 Å². The van der Waals surface area contributed by atoms with Crippen molar-refractivity contribution in [3.05, 3.63) is 64.9 Å². The van der Waals surface area contributed by atoms with Crippen LogP contribution in [0.2, 0.25) is 0 Å². The molecule has 0 fully saturated rings. The van der Waals surface area contributed by atoms with Gasteiger partial charge >= 0.3 is 0 Å². The van der Waals surface area contributed by atoms with Crippen molar-refractivity contribution < 1.29 is 0 Å². The minimum Gasteiger partial charge on any atom is -0.398 e. The van der Waals surface area contributed by atoms with E-state index in [9.17, 15) is 0 Å². The molecule has 0 saturated carbocycles. The molecule has 2 aromatic carbocycles. The van der Waals surface area contributed by atoms with E-state index in [1.54, 1.807) is 0 Å². The molecule has 2 heterocycles. The summed E-state index contributed by atoms with van der Waals surface area (Å²) in [5.74, 6) is 0. The van der Waals surface area contributed by atoms with Gasteiger partial charge in [-0.1, -0.05) is 18.2 Å². The lowest BCUT2D eigenvalue weighted by atomic mass is 9.96. The summed E-state index contributed by atoms with van der Waals surface area (Å²) in [6, 6.07) is 12.6. The first kappa shape index (κ1) is 14.3. The van der Waals surface area contributed by atoms with Crippen LogP contribution >= 0.6 is 0 Å². The molecule has 4 N–H and O–H groups in total. The summed E-state index contributed by atoms with van der Waals surface area (Å²) >= 11 is 0. The summed E-state index contributed by atoms with van der Waals surface area (Å²) in [6.45, 7) is 2.13. The van der Waals surface area contributed by atoms with Crippen LogP contribution < -0.4 is 16.4 Å². The van der Waals surface area contributed by atoms with E-state index in [4.69, 9.17) is 11.5 Å². The fraction of sp³-hybridized carbons (Fsp3) is 0.263. The normalized spacial score (nSPS) is 20.3. The van der Waals surface area contributed by atoms with E-state index < -0.39 is 0 Å². The Labute approximate surface area is 137 Å². The number of benzene rings is 2. The Balaban J connectivity index is 1.71. The van der Waals surface area contributed by atoms with Gasteiger partial charge in [0, 0.05) is 36.2 Å². The Morgan fingerprint density at radius 2 is 2.00 bits per heavy atom. The maximum absolute atomic E-state index is 6.50. The second-order valence-electron chi connectivity index (χ2n) is 6.46. The minimum atomic E-state index is -0.210. The Kier molecular flexibility index (Phi) is 3.36. The van der Waals surface area contributed by atoms with Gasteiger partial charge in [-0.2, -0.15) is 0 Å². The number of nitrogen functional groups attached to an aromatic ring is 1. The van der Waals surface area contributed by atoms with Gasteiger partial charge in [0.15, 0.2) is 0 Å². The zero-order valence-corrected chi connectivity index (χ0v) is 13.4. The number of fused-ring (bicyclic) bond motifs is 2. The topological polar surface area (TPSA) is 58.5 Å². The van der Waals surface area contributed by atoms with Crippen molar-refractivity contribution in [2.45, 2.75) is 19.1 Å². The molecule has 0 radical (unpaired) electrons. The molecule has 0 bridgehead atoms. The molecule has 4 rings (SSSR count). The van der Waals surface area contributed by atoms with Crippen LogP contribution in [0.1, 0.15) is 28.4 Å². The van der Waals surface area contributed by atoms with E-state index in [1.807, 2.05) is 18.3 Å². The van der Waals surface area contributed by atoms with Crippen LogP contribution in [-0.2, 0) is 13.0 Å². The Hall–Kier alpha value is -2.30. The van der Waals surface area contributed by atoms with Crippen LogP contribution in [0, 0.1) is 0 Å². The Morgan fingerprint density at radius 3 is 2.87 bits per heavy atom. The SMILES string of the molecule is CN1CCc2ccc(N3C=Cc4c(N)cccc4C3N)cc2C1. The molecule has 4 nitrogen and oxygen atoms in total. The quantitative estimate of drug-likeness (QED) is 0.795. The highest BCUT2D eigenvalue weighted by atomic mass is 15.2. The van der Waals surface area contributed by atoms with Crippen molar-refractivity contribution in [3.8, 4) is 0 Å². The van der Waals surface area contributed by atoms with Gasteiger partial charge in [0.1, 0.15) is 6.17 Å². The molecule has 2 aliphatic rings. The number of likely N-dealkylation sites (N-methyl/N-ethyl adjacent to an activating group) is 1. The van der Waals surface area contributed by atoms with Gasteiger partial charge in [-0.3, -0.25) is 0 Å². The molecule has 1 unspecified atom stereocenters. The largest absolute Gasteiger partial charge is 0.398 e. The molecule has 1 atom stereocenters. The minimum absolute atomic E-state index is 0.210. The molecule has 0 aromatic heterocycles. The van der Waals surface area contributed by atoms with Crippen molar-refractivity contribution in [2.75, 3.05) is 24.2 Å². The van der Waals surface area contributed by atoms with E-state index >= 15 is 0 Å². The molecule has 4 heteroatoms. The number of hydrogen-bond donors (Lipinski definition) is 2. The molecule has 0 amide bonds. The molecule has 0 saturated heterocycles. The van der Waals surface area contributed by atoms with E-state index in [2.05, 4.69) is 47.2 Å². The van der Waals surface area contributed by atoms with Crippen molar-refractivity contribution in [2.24, 2.45) is 5.73 Å². The van der Waals surface area contributed by atoms with Crippen LogP contribution in [0.25, 0.3) is 6.08 Å². The van der Waals surface area contributed by atoms with Gasteiger partial charge in [-0.25, -0.2) is 0 Å². The highest BCUT2D eigenvalue weighted by molar-refractivity contribution is 5.74. The Morgan fingerprint density at radius 1 is 1.13 bits per heavy atom. The van der Waals surface area contributed by atoms with Gasteiger partial charge < -0.3 is 21.3 Å². The molecular formula is C19H22N4. The molecule has 2 aromatic rings. The van der Waals surface area contributed by atoms with E-state index in [-0.39, 0.29) is 6.17 Å². The predicted octanol–water partition coefficient (Wildman–Crippen LogP) is 2.70. The molecule has 118 valence electrons. The summed E-state index contributed by atoms with van der Waals surface area (Å²) in [5.41, 5.74) is 19.4. The van der Waals surface area contributed by atoms with Gasteiger partial charge in [0.2, 0.25) is 0 Å². The van der Waals surface area contributed by atoms with Crippen LogP contribution in [0.15, 0.2) is 42.6 Å². The highest BCUT2D eigenvalue weighted by Crippen LogP contribution is 2.35. The van der Waals surface area contributed by atoms with E-state index in [0.717, 1.165) is 42.0 Å². The third-order valence-electron chi connectivity index (χ3n) is 4.88. The third-order valence-corrected chi connectivity index (χ3v) is 4.88. The molecule has 2 aliphatic heterocycles. The van der Waals surface area contributed by atoms with Crippen molar-refractivity contribution >= 4 is 17.5 Å². The fourth-order valence-electron chi connectivity index (χ4n) is 3.54. The summed E-state index contributed by atoms with van der Waals surface area (Å²) in [7, 11) is 2.17. The second-order valence-corrected chi connectivity index (χ2v) is 6.46. The maximum Gasteiger partial charge on any atom is 0.108 e. The lowest BCUT2D eigenvalue weighted by Gasteiger charge is -2.34. The first-order valence-electron chi connectivity index (χ1n) is 8.04. The molecule has 0 aliphatic carbocycles. The number of hydrogen-bond acceptors (Lipinski definition) is 4. The average Bonchev–Trinajstić information content (AvgIpc) is 2.55. The molecule has 23 heavy (non-hydrogen) atoms. The van der Waals surface area contributed by atoms with Gasteiger partial charge in [-0.15, -0.1) is 0 Å². The summed E-state index contributed by atoms with van der Waals surface area (Å²) in [6.07, 6.45) is 5.00. The second kappa shape index (κ2) is 5.41. The standard InChI is InChI=1S/C19H22N4/c1-22-9-7-13-5-6-15(11-14(13)12-22)23-10-8-16-17(19(23)21)3-2-4-18(16)20/h2-6,8,10-11,19H,7,9,12,20-21H2,1H3. The predicted molar refractivity (Wildman–Crippen MR) is 95.8 cm³/mol. The smallest absolute Gasteiger partial charge is 0.108 e. The van der Waals surface area contributed by atoms with Crippen LogP contribution in [-0.4, -0.2) is 18.5 Å². The molecular weight excluding hydrogens is 284 g/mol. The monoisotopic (exact) mass is 306 g/mol. The van der Waals surface area contributed by atoms with Gasteiger partial charge in [-0.05, 0) is 54.4 Å². The van der Waals surface area contributed by atoms with Crippen LogP contribution in [0.5, 0.6) is 0 Å². The number of nitrogens with two attached hydrogens (primary N) is 2. The fourth-order valence-corrected chi connectivity index (χ4v) is 3.54. The number of rotatable bonds is 1. The first-order valence-corrected chi connectivity index (χ1v) is 8.04. The zero-order chi connectivity index (χ0) is 16.0. The first-order chi connectivity index (χ1) is 11.1. The van der Waals surface area contributed by atoms with Crippen molar-refractivity contribution in [3.63, 3.8) is 0 Å². The van der Waals surface area contributed by atoms with Crippen molar-refractivity contribution in [1.29, 1.82) is 0 Å². The highest BCUT2D eigenvalue weighted by Gasteiger charge is 2.23. The molecule has 0 spiro atoms. The van der Waals surface area contributed by atoms with E-state index in [0.29, 0.717) is 0 Å². The lowest BCUT2D eigenvalue weighted by molar-refractivity contribution is 0.313. The van der Waals surface area contributed by atoms with Crippen LogP contribution in [0.3, 0.4) is 0 Å². The summed E-state index contributed by atoms with van der Waals surface area (Å²) in [5, 5.41) is 0. The number of anilines is 2.